The third-order valence-electron chi connectivity index (χ3n) is 4.01. The van der Waals surface area contributed by atoms with E-state index in [0.717, 1.165) is 4.90 Å². The SMILES string of the molecule is O=C1NC(=S)N(c2ccc(Cl)cc2)C(=O)/C1=C\C(O)[C@@H](O)C(OS(=O)(=O)O)[C@H](O)CO. The molecule has 0 aliphatic carbocycles. The topological polar surface area (TPSA) is 194 Å². The Morgan fingerprint density at radius 1 is 1.19 bits per heavy atom. The fraction of sp³-hybridized carbons (Fsp3) is 0.312. The van der Waals surface area contributed by atoms with E-state index in [0.29, 0.717) is 11.1 Å². The lowest BCUT2D eigenvalue weighted by atomic mass is 10.00. The number of carbonyl (C=O) groups excluding carboxylic acids is 2. The van der Waals surface area contributed by atoms with Gasteiger partial charge in [0.15, 0.2) is 5.11 Å². The van der Waals surface area contributed by atoms with Crippen LogP contribution in [0, 0.1) is 0 Å². The number of hydrogen-bond donors (Lipinski definition) is 6. The summed E-state index contributed by atoms with van der Waals surface area (Å²) in [5.74, 6) is -2.02. The van der Waals surface area contributed by atoms with Gasteiger partial charge in [-0.2, -0.15) is 8.42 Å². The minimum Gasteiger partial charge on any atom is -0.394 e. The van der Waals surface area contributed by atoms with E-state index in [2.05, 4.69) is 9.50 Å². The number of aliphatic hydroxyl groups is 4. The predicted molar refractivity (Wildman–Crippen MR) is 109 cm³/mol. The van der Waals surface area contributed by atoms with Crippen molar-refractivity contribution in [1.82, 2.24) is 5.32 Å². The van der Waals surface area contributed by atoms with Crippen LogP contribution in [0.5, 0.6) is 0 Å². The second kappa shape index (κ2) is 10.1. The number of hydrogen-bond acceptors (Lipinski definition) is 10. The van der Waals surface area contributed by atoms with Gasteiger partial charge in [0.25, 0.3) is 11.8 Å². The van der Waals surface area contributed by atoms with Crippen molar-refractivity contribution in [3.8, 4) is 0 Å². The molecule has 1 aromatic rings. The average molecular weight is 497 g/mol. The minimum atomic E-state index is -5.21. The van der Waals surface area contributed by atoms with Crippen LogP contribution in [-0.2, 0) is 24.2 Å². The molecule has 0 bridgehead atoms. The van der Waals surface area contributed by atoms with Crippen molar-refractivity contribution in [2.24, 2.45) is 0 Å². The summed E-state index contributed by atoms with van der Waals surface area (Å²) in [5, 5.41) is 41.3. The van der Waals surface area contributed by atoms with E-state index in [9.17, 15) is 33.3 Å². The maximum absolute atomic E-state index is 12.8. The van der Waals surface area contributed by atoms with Crippen molar-refractivity contribution < 1.29 is 47.2 Å². The van der Waals surface area contributed by atoms with Crippen LogP contribution in [0.15, 0.2) is 35.9 Å². The Bertz CT molecular complexity index is 998. The molecule has 0 aromatic heterocycles. The molecular weight excluding hydrogens is 480 g/mol. The molecule has 0 spiro atoms. The largest absolute Gasteiger partial charge is 0.397 e. The molecule has 1 fully saturated rings. The first kappa shape index (κ1) is 25.3. The van der Waals surface area contributed by atoms with E-state index in [4.69, 9.17) is 33.5 Å². The van der Waals surface area contributed by atoms with Gasteiger partial charge >= 0.3 is 10.4 Å². The molecule has 31 heavy (non-hydrogen) atoms. The second-order valence-corrected chi connectivity index (χ2v) is 8.05. The predicted octanol–water partition coefficient (Wildman–Crippen LogP) is -1.72. The molecule has 2 unspecified atom stereocenters. The molecule has 12 nitrogen and oxygen atoms in total. The molecule has 2 amide bonds. The van der Waals surface area contributed by atoms with Crippen LogP contribution < -0.4 is 10.2 Å². The standard InChI is InChI=1S/C16H17ClN2O10S2/c17-7-1-3-8(4-2-7)19-15(25)9(14(24)18-16(19)30)5-10(21)12(23)13(11(22)6-20)29-31(26,27)28/h1-5,10-13,20-23H,6H2,(H,18,24,30)(H,26,27,28)/b9-5-/t10?,11-,12-,13?/m1/s1. The van der Waals surface area contributed by atoms with Crippen molar-refractivity contribution in [3.63, 3.8) is 0 Å². The molecule has 0 saturated carbocycles. The number of anilines is 1. The summed E-state index contributed by atoms with van der Waals surface area (Å²) in [7, 11) is -5.21. The van der Waals surface area contributed by atoms with Crippen LogP contribution >= 0.6 is 23.8 Å². The third-order valence-corrected chi connectivity index (χ3v) is 5.01. The van der Waals surface area contributed by atoms with Crippen LogP contribution in [0.3, 0.4) is 0 Å². The van der Waals surface area contributed by atoms with Gasteiger partial charge < -0.3 is 20.4 Å². The van der Waals surface area contributed by atoms with Crippen molar-refractivity contribution in [2.45, 2.75) is 24.4 Å². The van der Waals surface area contributed by atoms with Gasteiger partial charge in [0.05, 0.1) is 12.3 Å². The van der Waals surface area contributed by atoms with Gasteiger partial charge in [0.2, 0.25) is 0 Å². The molecular formula is C16H17ClN2O10S2. The molecule has 6 N–H and O–H groups in total. The van der Waals surface area contributed by atoms with E-state index in [1.54, 1.807) is 0 Å². The Balaban J connectivity index is 2.36. The number of nitrogens with one attached hydrogen (secondary N) is 1. The number of benzene rings is 1. The summed E-state index contributed by atoms with van der Waals surface area (Å²) in [6.45, 7) is -1.11. The van der Waals surface area contributed by atoms with Gasteiger partial charge in [-0.1, -0.05) is 11.6 Å². The van der Waals surface area contributed by atoms with Crippen LogP contribution in [-0.4, -0.2) is 81.3 Å². The quantitative estimate of drug-likeness (QED) is 0.104. The van der Waals surface area contributed by atoms with Gasteiger partial charge in [-0.05, 0) is 42.6 Å². The number of amides is 2. The van der Waals surface area contributed by atoms with Gasteiger partial charge in [0.1, 0.15) is 30.0 Å². The molecule has 170 valence electrons. The first-order valence-electron chi connectivity index (χ1n) is 8.33. The highest BCUT2D eigenvalue weighted by molar-refractivity contribution is 7.81. The normalized spacial score (nSPS) is 20.4. The summed E-state index contributed by atoms with van der Waals surface area (Å²) < 4.78 is 34.7. The van der Waals surface area contributed by atoms with Crippen molar-refractivity contribution in [2.75, 3.05) is 11.5 Å². The first-order valence-corrected chi connectivity index (χ1v) is 10.5. The summed E-state index contributed by atoms with van der Waals surface area (Å²) in [6, 6.07) is 5.78. The zero-order chi connectivity index (χ0) is 23.5. The molecule has 1 heterocycles. The lowest BCUT2D eigenvalue weighted by molar-refractivity contribution is -0.122. The van der Waals surface area contributed by atoms with Crippen molar-refractivity contribution in [1.29, 1.82) is 0 Å². The maximum Gasteiger partial charge on any atom is 0.397 e. The smallest absolute Gasteiger partial charge is 0.394 e. The number of aliphatic hydroxyl groups excluding tert-OH is 4. The highest BCUT2D eigenvalue weighted by Crippen LogP contribution is 2.23. The molecule has 0 radical (unpaired) electrons. The number of carbonyl (C=O) groups is 2. The molecule has 2 rings (SSSR count). The zero-order valence-electron chi connectivity index (χ0n) is 15.3. The molecule has 15 heteroatoms. The Labute approximate surface area is 186 Å². The van der Waals surface area contributed by atoms with Crippen LogP contribution in [0.1, 0.15) is 0 Å². The highest BCUT2D eigenvalue weighted by Gasteiger charge is 2.39. The zero-order valence-corrected chi connectivity index (χ0v) is 17.7. The summed E-state index contributed by atoms with van der Waals surface area (Å²) >= 11 is 10.8. The minimum absolute atomic E-state index is 0.226. The van der Waals surface area contributed by atoms with Crippen molar-refractivity contribution in [3.05, 3.63) is 40.9 Å². The fourth-order valence-corrected chi connectivity index (χ4v) is 3.49. The Morgan fingerprint density at radius 3 is 2.29 bits per heavy atom. The second-order valence-electron chi connectivity index (χ2n) is 6.18. The Hall–Kier alpha value is -2.01. The number of nitrogens with zero attached hydrogens (tertiary/aromatic N) is 1. The van der Waals surface area contributed by atoms with E-state index >= 15 is 0 Å². The van der Waals surface area contributed by atoms with Gasteiger partial charge in [0, 0.05) is 5.02 Å². The summed E-state index contributed by atoms with van der Waals surface area (Å²) in [6.07, 6.45) is -8.16. The van der Waals surface area contributed by atoms with E-state index in [-0.39, 0.29) is 10.8 Å². The third kappa shape index (κ3) is 6.25. The lowest BCUT2D eigenvalue weighted by Gasteiger charge is -2.30. The van der Waals surface area contributed by atoms with Gasteiger partial charge in [-0.3, -0.25) is 24.4 Å². The van der Waals surface area contributed by atoms with E-state index < -0.39 is 58.8 Å². The molecule has 4 atom stereocenters. The van der Waals surface area contributed by atoms with Gasteiger partial charge in [-0.15, -0.1) is 0 Å². The highest BCUT2D eigenvalue weighted by atomic mass is 35.5. The first-order chi connectivity index (χ1) is 14.4. The number of rotatable bonds is 8. The molecule has 1 aliphatic rings. The molecule has 1 aromatic carbocycles. The van der Waals surface area contributed by atoms with Crippen molar-refractivity contribution >= 4 is 56.8 Å². The Kier molecular flexibility index (Phi) is 8.21. The summed E-state index contributed by atoms with van der Waals surface area (Å²) in [4.78, 5) is 25.9. The average Bonchev–Trinajstić information content (AvgIpc) is 2.68. The Morgan fingerprint density at radius 2 is 1.77 bits per heavy atom. The summed E-state index contributed by atoms with van der Waals surface area (Å²) in [5.41, 5.74) is -0.456. The lowest BCUT2D eigenvalue weighted by Crippen LogP contribution is -2.55. The monoisotopic (exact) mass is 496 g/mol. The van der Waals surface area contributed by atoms with Crippen LogP contribution in [0.4, 0.5) is 5.69 Å². The van der Waals surface area contributed by atoms with E-state index in [1.165, 1.54) is 24.3 Å². The molecule has 1 saturated heterocycles. The molecule has 1 aliphatic heterocycles. The number of halogens is 1. The fourth-order valence-electron chi connectivity index (χ4n) is 2.56. The maximum atomic E-state index is 12.8. The number of thiocarbonyl (C=S) groups is 1. The van der Waals surface area contributed by atoms with Crippen LogP contribution in [0.25, 0.3) is 0 Å². The van der Waals surface area contributed by atoms with Crippen LogP contribution in [0.2, 0.25) is 5.02 Å². The van der Waals surface area contributed by atoms with Gasteiger partial charge in [-0.25, -0.2) is 4.18 Å². The van der Waals surface area contributed by atoms with E-state index in [1.807, 2.05) is 0 Å².